The standard InChI is InChI=1S/C25H22F3N3O2S/c1-23(2)12-17-20(18(32)13-23)24(25(26,27)28,21(33)31(17)14-15-8-4-3-5-9-15)30-22-29-16-10-6-7-11-19(16)34-22/h3-11H,12-14H2,1-2H3,(H,29,30). The number of thiazole rings is 1. The zero-order valence-corrected chi connectivity index (χ0v) is 19.4. The Labute approximate surface area is 198 Å². The van der Waals surface area contributed by atoms with Crippen molar-refractivity contribution in [2.24, 2.45) is 5.41 Å². The number of halogens is 3. The Kier molecular flexibility index (Phi) is 5.09. The number of hydrogen-bond donors (Lipinski definition) is 1. The van der Waals surface area contributed by atoms with Gasteiger partial charge in [-0.05, 0) is 29.5 Å². The molecule has 0 saturated carbocycles. The fraction of sp³-hybridized carbons (Fsp3) is 0.320. The quantitative estimate of drug-likeness (QED) is 0.515. The number of nitrogens with one attached hydrogen (secondary N) is 1. The van der Waals surface area contributed by atoms with Crippen LogP contribution < -0.4 is 5.32 Å². The summed E-state index contributed by atoms with van der Waals surface area (Å²) in [5.41, 5.74) is -2.91. The third kappa shape index (κ3) is 3.50. The van der Waals surface area contributed by atoms with Gasteiger partial charge in [-0.2, -0.15) is 13.2 Å². The molecule has 5 nitrogen and oxygen atoms in total. The van der Waals surface area contributed by atoms with Crippen LogP contribution in [0.4, 0.5) is 18.3 Å². The van der Waals surface area contributed by atoms with Crippen molar-refractivity contribution in [1.82, 2.24) is 9.88 Å². The summed E-state index contributed by atoms with van der Waals surface area (Å²) < 4.78 is 45.5. The summed E-state index contributed by atoms with van der Waals surface area (Å²) in [6.45, 7) is 3.60. The lowest BCUT2D eigenvalue weighted by atomic mass is 9.72. The van der Waals surface area contributed by atoms with Crippen molar-refractivity contribution in [2.45, 2.75) is 44.9 Å². The van der Waals surface area contributed by atoms with Crippen molar-refractivity contribution in [1.29, 1.82) is 0 Å². The molecule has 0 fully saturated rings. The van der Waals surface area contributed by atoms with E-state index in [-0.39, 0.29) is 30.2 Å². The number of rotatable bonds is 4. The van der Waals surface area contributed by atoms with Gasteiger partial charge < -0.3 is 10.2 Å². The van der Waals surface area contributed by atoms with Crippen molar-refractivity contribution in [3.05, 3.63) is 71.4 Å². The van der Waals surface area contributed by atoms with Crippen LogP contribution in [0.3, 0.4) is 0 Å². The van der Waals surface area contributed by atoms with E-state index in [1.54, 1.807) is 54.6 Å². The number of carbonyl (C=O) groups is 2. The normalized spacial score (nSPS) is 22.4. The predicted octanol–water partition coefficient (Wildman–Crippen LogP) is 5.69. The molecule has 0 bridgehead atoms. The maximum absolute atomic E-state index is 14.9. The number of amides is 1. The number of hydrogen-bond acceptors (Lipinski definition) is 5. The minimum absolute atomic E-state index is 0.0543. The minimum Gasteiger partial charge on any atom is -0.336 e. The summed E-state index contributed by atoms with van der Waals surface area (Å²) in [7, 11) is 0. The van der Waals surface area contributed by atoms with E-state index in [1.165, 1.54) is 0 Å². The monoisotopic (exact) mass is 485 g/mol. The molecule has 1 amide bonds. The molecule has 1 atom stereocenters. The first-order valence-electron chi connectivity index (χ1n) is 10.8. The molecule has 176 valence electrons. The van der Waals surface area contributed by atoms with Gasteiger partial charge in [0.25, 0.3) is 5.91 Å². The van der Waals surface area contributed by atoms with Crippen LogP contribution in [-0.4, -0.2) is 33.3 Å². The molecule has 2 heterocycles. The molecule has 1 unspecified atom stereocenters. The molecule has 1 aromatic heterocycles. The van der Waals surface area contributed by atoms with E-state index in [2.05, 4.69) is 10.3 Å². The van der Waals surface area contributed by atoms with E-state index in [1.807, 2.05) is 13.8 Å². The van der Waals surface area contributed by atoms with E-state index in [9.17, 15) is 22.8 Å². The number of carbonyl (C=O) groups excluding carboxylic acids is 2. The lowest BCUT2D eigenvalue weighted by Gasteiger charge is -2.35. The Morgan fingerprint density at radius 2 is 1.71 bits per heavy atom. The largest absolute Gasteiger partial charge is 0.425 e. The highest BCUT2D eigenvalue weighted by molar-refractivity contribution is 7.22. The summed E-state index contributed by atoms with van der Waals surface area (Å²) in [6.07, 6.45) is -4.95. The number of nitrogens with zero attached hydrogens (tertiary/aromatic N) is 2. The number of anilines is 1. The Morgan fingerprint density at radius 1 is 1.03 bits per heavy atom. The van der Waals surface area contributed by atoms with Crippen LogP contribution >= 0.6 is 11.3 Å². The minimum atomic E-state index is -5.06. The van der Waals surface area contributed by atoms with Gasteiger partial charge in [0.05, 0.1) is 22.3 Å². The van der Waals surface area contributed by atoms with Gasteiger partial charge in [0.15, 0.2) is 10.9 Å². The predicted molar refractivity (Wildman–Crippen MR) is 124 cm³/mol. The molecule has 1 aliphatic heterocycles. The van der Waals surface area contributed by atoms with Crippen LogP contribution in [-0.2, 0) is 16.1 Å². The van der Waals surface area contributed by atoms with E-state index in [0.717, 1.165) is 16.2 Å². The lowest BCUT2D eigenvalue weighted by molar-refractivity contribution is -0.181. The molecular weight excluding hydrogens is 463 g/mol. The Morgan fingerprint density at radius 3 is 2.38 bits per heavy atom. The number of benzene rings is 2. The second-order valence-corrected chi connectivity index (χ2v) is 10.5. The average molecular weight is 486 g/mol. The number of fused-ring (bicyclic) bond motifs is 1. The highest BCUT2D eigenvalue weighted by Crippen LogP contribution is 2.53. The topological polar surface area (TPSA) is 62.3 Å². The summed E-state index contributed by atoms with van der Waals surface area (Å²) >= 11 is 1.02. The van der Waals surface area contributed by atoms with E-state index < -0.39 is 34.4 Å². The first-order valence-corrected chi connectivity index (χ1v) is 11.7. The maximum atomic E-state index is 14.9. The van der Waals surface area contributed by atoms with E-state index >= 15 is 0 Å². The molecule has 1 N–H and O–H groups in total. The van der Waals surface area contributed by atoms with Gasteiger partial charge in [-0.25, -0.2) is 4.98 Å². The maximum Gasteiger partial charge on any atom is 0.425 e. The molecular formula is C25H22F3N3O2S. The summed E-state index contributed by atoms with van der Waals surface area (Å²) in [6, 6.07) is 15.7. The Bertz CT molecular complexity index is 1300. The van der Waals surface area contributed by atoms with Crippen molar-refractivity contribution < 1.29 is 22.8 Å². The van der Waals surface area contributed by atoms with Gasteiger partial charge in [-0.1, -0.05) is 67.6 Å². The van der Waals surface area contributed by atoms with Crippen molar-refractivity contribution in [3.8, 4) is 0 Å². The lowest BCUT2D eigenvalue weighted by Crippen LogP contribution is -2.60. The third-order valence-corrected chi connectivity index (χ3v) is 7.27. The van der Waals surface area contributed by atoms with Crippen LogP contribution in [0.2, 0.25) is 0 Å². The van der Waals surface area contributed by atoms with Crippen LogP contribution in [0.15, 0.2) is 65.9 Å². The molecule has 2 aromatic carbocycles. The van der Waals surface area contributed by atoms with Crippen LogP contribution in [0, 0.1) is 5.41 Å². The number of allylic oxidation sites excluding steroid dienone is 1. The Hall–Kier alpha value is -3.20. The van der Waals surface area contributed by atoms with Crippen LogP contribution in [0.1, 0.15) is 32.3 Å². The van der Waals surface area contributed by atoms with Gasteiger partial charge in [0.2, 0.25) is 5.54 Å². The molecule has 1 aliphatic carbocycles. The van der Waals surface area contributed by atoms with Gasteiger partial charge >= 0.3 is 6.18 Å². The molecule has 0 spiro atoms. The fourth-order valence-electron chi connectivity index (χ4n) is 4.85. The third-order valence-electron chi connectivity index (χ3n) is 6.32. The number of ketones is 1. The number of para-hydroxylation sites is 1. The van der Waals surface area contributed by atoms with Crippen molar-refractivity contribution >= 4 is 38.4 Å². The molecule has 0 radical (unpaired) electrons. The van der Waals surface area contributed by atoms with Gasteiger partial charge in [0.1, 0.15) is 0 Å². The second kappa shape index (κ2) is 7.66. The SMILES string of the molecule is CC1(C)CC(=O)C2=C(C1)N(Cc1ccccc1)C(=O)C2(Nc1nc2ccccc2s1)C(F)(F)F. The van der Waals surface area contributed by atoms with Gasteiger partial charge in [-0.15, -0.1) is 0 Å². The molecule has 3 aromatic rings. The highest BCUT2D eigenvalue weighted by atomic mass is 32.1. The average Bonchev–Trinajstić information content (AvgIpc) is 3.26. The van der Waals surface area contributed by atoms with Crippen molar-refractivity contribution in [2.75, 3.05) is 5.32 Å². The van der Waals surface area contributed by atoms with Crippen LogP contribution in [0.25, 0.3) is 10.2 Å². The highest BCUT2D eigenvalue weighted by Gasteiger charge is 2.71. The Balaban J connectivity index is 1.68. The first-order chi connectivity index (χ1) is 16.0. The zero-order valence-electron chi connectivity index (χ0n) is 18.6. The second-order valence-electron chi connectivity index (χ2n) is 9.50. The van der Waals surface area contributed by atoms with Gasteiger partial charge in [-0.3, -0.25) is 9.59 Å². The molecule has 2 aliphatic rings. The zero-order chi connectivity index (χ0) is 24.3. The number of alkyl halides is 3. The first kappa shape index (κ1) is 22.6. The van der Waals surface area contributed by atoms with Crippen LogP contribution in [0.5, 0.6) is 0 Å². The number of aromatic nitrogens is 1. The van der Waals surface area contributed by atoms with Gasteiger partial charge in [0, 0.05) is 12.1 Å². The summed E-state index contributed by atoms with van der Waals surface area (Å²) in [5.74, 6) is -1.86. The summed E-state index contributed by atoms with van der Waals surface area (Å²) in [4.78, 5) is 32.4. The van der Waals surface area contributed by atoms with E-state index in [0.29, 0.717) is 15.8 Å². The summed E-state index contributed by atoms with van der Waals surface area (Å²) in [5, 5.41) is 2.36. The fourth-order valence-corrected chi connectivity index (χ4v) is 5.77. The molecule has 0 saturated heterocycles. The number of Topliss-reactive ketones (excluding diaryl/α,β-unsaturated/α-hetero) is 1. The molecule has 9 heteroatoms. The molecule has 34 heavy (non-hydrogen) atoms. The van der Waals surface area contributed by atoms with Crippen molar-refractivity contribution in [3.63, 3.8) is 0 Å². The smallest absolute Gasteiger partial charge is 0.336 e. The molecule has 5 rings (SSSR count). The van der Waals surface area contributed by atoms with E-state index in [4.69, 9.17) is 0 Å².